The zero-order chi connectivity index (χ0) is 28.4. The fourth-order valence-electron chi connectivity index (χ4n) is 4.50. The summed E-state index contributed by atoms with van der Waals surface area (Å²) in [5, 5.41) is 5.45. The van der Waals surface area contributed by atoms with Gasteiger partial charge in [0.25, 0.3) is 5.91 Å². The topological polar surface area (TPSA) is 84.4 Å². The lowest BCUT2D eigenvalue weighted by molar-refractivity contribution is -0.139. The highest BCUT2D eigenvalue weighted by molar-refractivity contribution is 6.00. The summed E-state index contributed by atoms with van der Waals surface area (Å²) in [5.41, 5.74) is 3.00. The minimum Gasteiger partial charge on any atom is -0.469 e. The number of carbonyl (C=O) groups excluding carboxylic acids is 2. The Morgan fingerprint density at radius 3 is 2.34 bits per heavy atom. The molecule has 0 aliphatic rings. The Balaban J connectivity index is 1.53. The largest absolute Gasteiger partial charge is 0.469 e. The summed E-state index contributed by atoms with van der Waals surface area (Å²) in [6.07, 6.45) is 5.23. The van der Waals surface area contributed by atoms with E-state index >= 15 is 0 Å². The number of amides is 1. The highest BCUT2D eigenvalue weighted by atomic mass is 16.5. The van der Waals surface area contributed by atoms with Crippen molar-refractivity contribution in [2.24, 2.45) is 0 Å². The van der Waals surface area contributed by atoms with Crippen LogP contribution in [0.1, 0.15) is 22.3 Å². The molecular weight excluding hydrogens is 512 g/mol. The van der Waals surface area contributed by atoms with Crippen molar-refractivity contribution in [1.29, 1.82) is 0 Å². The number of para-hydroxylation sites is 1. The van der Waals surface area contributed by atoms with Crippen molar-refractivity contribution >= 4 is 34.2 Å². The molecule has 1 heterocycles. The molecule has 5 rings (SSSR count). The average molecular weight is 543 g/mol. The Kier molecular flexibility index (Phi) is 8.76. The minimum absolute atomic E-state index is 0.132. The van der Waals surface area contributed by atoms with Crippen LogP contribution < -0.4 is 5.32 Å². The van der Waals surface area contributed by atoms with Crippen molar-refractivity contribution in [3.05, 3.63) is 133 Å². The van der Waals surface area contributed by atoms with E-state index in [9.17, 15) is 9.59 Å². The van der Waals surface area contributed by atoms with Gasteiger partial charge in [0, 0.05) is 30.5 Å². The van der Waals surface area contributed by atoms with Crippen LogP contribution in [-0.4, -0.2) is 40.4 Å². The van der Waals surface area contributed by atoms with Crippen molar-refractivity contribution in [3.8, 4) is 11.4 Å². The maximum absolute atomic E-state index is 14.1. The summed E-state index contributed by atoms with van der Waals surface area (Å²) in [4.78, 5) is 36.9. The predicted octanol–water partition coefficient (Wildman–Crippen LogP) is 6.80. The number of benzene rings is 4. The number of fused-ring (bicyclic) bond motifs is 1. The van der Waals surface area contributed by atoms with Crippen molar-refractivity contribution in [3.63, 3.8) is 0 Å². The number of carbonyl (C=O) groups is 2. The minimum atomic E-state index is -0.339. The molecule has 41 heavy (non-hydrogen) atoms. The Morgan fingerprint density at radius 1 is 0.854 bits per heavy atom. The van der Waals surface area contributed by atoms with Gasteiger partial charge in [0.05, 0.1) is 13.5 Å². The number of nitrogens with zero attached hydrogens (tertiary/aromatic N) is 3. The van der Waals surface area contributed by atoms with E-state index in [-0.39, 0.29) is 18.3 Å². The molecule has 0 spiro atoms. The van der Waals surface area contributed by atoms with Gasteiger partial charge >= 0.3 is 5.97 Å². The van der Waals surface area contributed by atoms with Crippen molar-refractivity contribution in [2.75, 3.05) is 19.0 Å². The summed E-state index contributed by atoms with van der Waals surface area (Å²) in [6.45, 7) is 0.665. The lowest BCUT2D eigenvalue weighted by atomic mass is 10.0. The van der Waals surface area contributed by atoms with E-state index in [1.54, 1.807) is 23.2 Å². The number of hydrogen-bond acceptors (Lipinski definition) is 6. The third kappa shape index (κ3) is 6.83. The molecule has 7 heteroatoms. The van der Waals surface area contributed by atoms with E-state index in [0.717, 1.165) is 27.6 Å². The van der Waals surface area contributed by atoms with Gasteiger partial charge in [-0.3, -0.25) is 9.59 Å². The molecule has 1 N–H and O–H groups in total. The average Bonchev–Trinajstić information content (AvgIpc) is 3.02. The van der Waals surface area contributed by atoms with Crippen molar-refractivity contribution in [2.45, 2.75) is 13.0 Å². The zero-order valence-corrected chi connectivity index (χ0v) is 22.7. The summed E-state index contributed by atoms with van der Waals surface area (Å²) in [7, 11) is 1.35. The van der Waals surface area contributed by atoms with Gasteiger partial charge in [0.1, 0.15) is 11.4 Å². The number of aromatic nitrogens is 2. The molecule has 5 aromatic rings. The molecule has 0 aliphatic carbocycles. The third-order valence-electron chi connectivity index (χ3n) is 6.59. The van der Waals surface area contributed by atoms with E-state index in [1.807, 2.05) is 91.0 Å². The number of ether oxygens (including phenoxy) is 1. The van der Waals surface area contributed by atoms with Gasteiger partial charge in [-0.15, -0.1) is 0 Å². The predicted molar refractivity (Wildman–Crippen MR) is 162 cm³/mol. The van der Waals surface area contributed by atoms with Gasteiger partial charge in [0.2, 0.25) is 0 Å². The van der Waals surface area contributed by atoms with Gasteiger partial charge in [-0.05, 0) is 28.5 Å². The van der Waals surface area contributed by atoms with Gasteiger partial charge in [-0.25, -0.2) is 9.97 Å². The molecule has 0 fully saturated rings. The highest BCUT2D eigenvalue weighted by Gasteiger charge is 2.22. The SMILES string of the molecule is COC(=O)C/C=C/CN(Cc1ccccc1)C(=O)c1cnc(-c2cccc3ccccc23)nc1Nc1ccccc1. The number of rotatable bonds is 10. The third-order valence-corrected chi connectivity index (χ3v) is 6.59. The molecule has 0 saturated carbocycles. The number of hydrogen-bond donors (Lipinski definition) is 1. The van der Waals surface area contributed by atoms with Crippen LogP contribution in [0.3, 0.4) is 0 Å². The first-order valence-electron chi connectivity index (χ1n) is 13.3. The first-order valence-corrected chi connectivity index (χ1v) is 13.3. The molecule has 0 atom stereocenters. The second-order valence-electron chi connectivity index (χ2n) is 9.40. The fourth-order valence-corrected chi connectivity index (χ4v) is 4.50. The molecule has 0 radical (unpaired) electrons. The van der Waals surface area contributed by atoms with E-state index in [0.29, 0.717) is 30.3 Å². The van der Waals surface area contributed by atoms with Crippen LogP contribution in [0, 0.1) is 0 Å². The normalized spacial score (nSPS) is 11.0. The zero-order valence-electron chi connectivity index (χ0n) is 22.7. The first-order chi connectivity index (χ1) is 20.1. The second-order valence-corrected chi connectivity index (χ2v) is 9.40. The maximum atomic E-state index is 14.1. The van der Waals surface area contributed by atoms with E-state index in [4.69, 9.17) is 9.72 Å². The smallest absolute Gasteiger partial charge is 0.309 e. The molecule has 0 bridgehead atoms. The Morgan fingerprint density at radius 2 is 1.56 bits per heavy atom. The summed E-state index contributed by atoms with van der Waals surface area (Å²) in [6, 6.07) is 33.5. The number of anilines is 2. The van der Waals surface area contributed by atoms with E-state index in [2.05, 4.69) is 22.4 Å². The van der Waals surface area contributed by atoms with E-state index in [1.165, 1.54) is 7.11 Å². The van der Waals surface area contributed by atoms with Crippen LogP contribution in [0.4, 0.5) is 11.5 Å². The molecule has 0 saturated heterocycles. The molecule has 0 aliphatic heterocycles. The molecule has 204 valence electrons. The molecule has 4 aromatic carbocycles. The summed E-state index contributed by atoms with van der Waals surface area (Å²) < 4.78 is 4.72. The van der Waals surface area contributed by atoms with Crippen LogP contribution in [0.2, 0.25) is 0 Å². The van der Waals surface area contributed by atoms with Gasteiger partial charge in [0.15, 0.2) is 5.82 Å². The summed E-state index contributed by atoms with van der Waals surface area (Å²) >= 11 is 0. The lowest BCUT2D eigenvalue weighted by Gasteiger charge is -2.23. The fraction of sp³-hybridized carbons (Fsp3) is 0.118. The molecule has 1 aromatic heterocycles. The van der Waals surface area contributed by atoms with Crippen LogP contribution in [0.25, 0.3) is 22.2 Å². The Labute approximate surface area is 239 Å². The second kappa shape index (κ2) is 13.2. The number of methoxy groups -OCH3 is 1. The van der Waals surface area contributed by atoms with Gasteiger partial charge < -0.3 is 15.0 Å². The standard InChI is InChI=1S/C34H30N4O3/c1-41-31(39)21-10-11-22-38(24-25-13-4-2-5-14-25)34(40)30-23-35-32(37-33(30)36-27-17-6-3-7-18-27)29-20-12-16-26-15-8-9-19-28(26)29/h2-20,23H,21-22,24H2,1H3,(H,35,36,37)/b11-10+. The first kappa shape index (κ1) is 27.3. The highest BCUT2D eigenvalue weighted by Crippen LogP contribution is 2.29. The van der Waals surface area contributed by atoms with Crippen LogP contribution in [-0.2, 0) is 16.1 Å². The summed E-state index contributed by atoms with van der Waals surface area (Å²) in [5.74, 6) is 0.355. The Hall–Kier alpha value is -5.30. The van der Waals surface area contributed by atoms with Crippen molar-refractivity contribution in [1.82, 2.24) is 14.9 Å². The van der Waals surface area contributed by atoms with E-state index < -0.39 is 0 Å². The molecule has 7 nitrogen and oxygen atoms in total. The Bertz CT molecular complexity index is 1660. The molecule has 0 unspecified atom stereocenters. The molecular formula is C34H30N4O3. The van der Waals surface area contributed by atoms with Gasteiger partial charge in [-0.2, -0.15) is 0 Å². The monoisotopic (exact) mass is 542 g/mol. The number of esters is 1. The van der Waals surface area contributed by atoms with Crippen LogP contribution in [0.5, 0.6) is 0 Å². The van der Waals surface area contributed by atoms with Crippen molar-refractivity contribution < 1.29 is 14.3 Å². The number of nitrogens with one attached hydrogen (secondary N) is 1. The maximum Gasteiger partial charge on any atom is 0.309 e. The van der Waals surface area contributed by atoms with Crippen LogP contribution in [0.15, 0.2) is 121 Å². The lowest BCUT2D eigenvalue weighted by Crippen LogP contribution is -2.31. The molecule has 1 amide bonds. The quantitative estimate of drug-likeness (QED) is 0.154. The van der Waals surface area contributed by atoms with Crippen LogP contribution >= 0.6 is 0 Å². The van der Waals surface area contributed by atoms with Gasteiger partial charge in [-0.1, -0.05) is 103 Å².